The number of carbonyl (C=O) groups excluding carboxylic acids is 1. The monoisotopic (exact) mass is 765 g/mol. The van der Waals surface area contributed by atoms with E-state index in [1.54, 1.807) is 0 Å². The SMILES string of the molecule is CCCCCCCCCCCCCCCCCC(CCCCCCCCCCCCCCCCC)OC(=O)C(O)C(O)C(O)C(O)COP(C)(=O)O. The van der Waals surface area contributed by atoms with E-state index in [1.807, 2.05) is 0 Å². The molecule has 0 aromatic rings. The summed E-state index contributed by atoms with van der Waals surface area (Å²) in [5.41, 5.74) is 0. The average molecular weight is 765 g/mol. The molecule has 0 aliphatic carbocycles. The van der Waals surface area contributed by atoms with Crippen molar-refractivity contribution >= 4 is 13.6 Å². The maximum Gasteiger partial charge on any atom is 0.338 e. The average Bonchev–Trinajstić information content (AvgIpc) is 3.12. The van der Waals surface area contributed by atoms with Crippen molar-refractivity contribution in [1.29, 1.82) is 0 Å². The maximum atomic E-state index is 12.8. The molecule has 5 atom stereocenters. The minimum Gasteiger partial charge on any atom is -0.460 e. The fourth-order valence-corrected chi connectivity index (χ4v) is 7.28. The number of carbonyl (C=O) groups is 1. The van der Waals surface area contributed by atoms with Gasteiger partial charge in [0.25, 0.3) is 0 Å². The fourth-order valence-electron chi connectivity index (χ4n) is 6.85. The number of aliphatic hydroxyl groups is 4. The third-order valence-corrected chi connectivity index (χ3v) is 11.0. The Morgan fingerprint density at radius 3 is 1.08 bits per heavy atom. The molecule has 0 aliphatic rings. The highest BCUT2D eigenvalue weighted by molar-refractivity contribution is 7.51. The molecule has 0 fully saturated rings. The van der Waals surface area contributed by atoms with E-state index in [0.717, 1.165) is 45.2 Å². The molecular weight excluding hydrogens is 679 g/mol. The lowest BCUT2D eigenvalue weighted by Crippen LogP contribution is -2.49. The van der Waals surface area contributed by atoms with E-state index in [-0.39, 0.29) is 0 Å². The van der Waals surface area contributed by atoms with Crippen LogP contribution in [0.5, 0.6) is 0 Å². The molecule has 312 valence electrons. The molecule has 0 saturated heterocycles. The van der Waals surface area contributed by atoms with Crippen LogP contribution in [-0.2, 0) is 18.6 Å². The first-order valence-corrected chi connectivity index (χ1v) is 23.9. The fraction of sp³-hybridized carbons (Fsp3) is 0.976. The molecule has 52 heavy (non-hydrogen) atoms. The molecule has 0 rings (SSSR count). The molecule has 0 aromatic heterocycles. The minimum atomic E-state index is -3.92. The number of ether oxygens (including phenoxy) is 1. The first-order chi connectivity index (χ1) is 25.0. The summed E-state index contributed by atoms with van der Waals surface area (Å²) in [6.07, 6.45) is 31.2. The topological polar surface area (TPSA) is 154 Å². The molecule has 0 heterocycles. The summed E-state index contributed by atoms with van der Waals surface area (Å²) in [6.45, 7) is 4.70. The summed E-state index contributed by atoms with van der Waals surface area (Å²) >= 11 is 0. The van der Waals surface area contributed by atoms with Crippen LogP contribution in [0.2, 0.25) is 0 Å². The van der Waals surface area contributed by atoms with Gasteiger partial charge >= 0.3 is 13.6 Å². The van der Waals surface area contributed by atoms with Crippen LogP contribution in [0.4, 0.5) is 0 Å². The molecule has 0 spiro atoms. The zero-order chi connectivity index (χ0) is 38.7. The summed E-state index contributed by atoms with van der Waals surface area (Å²) in [5, 5.41) is 41.1. The van der Waals surface area contributed by atoms with Crippen LogP contribution in [-0.4, -0.2) is 75.1 Å². The highest BCUT2D eigenvalue weighted by Crippen LogP contribution is 2.36. The van der Waals surface area contributed by atoms with Crippen molar-refractivity contribution in [2.24, 2.45) is 0 Å². The van der Waals surface area contributed by atoms with Crippen molar-refractivity contribution < 1.29 is 43.9 Å². The quantitative estimate of drug-likeness (QED) is 0.0233. The Morgan fingerprint density at radius 1 is 0.500 bits per heavy atom. The van der Waals surface area contributed by atoms with Crippen LogP contribution in [0.1, 0.15) is 219 Å². The largest absolute Gasteiger partial charge is 0.460 e. The van der Waals surface area contributed by atoms with E-state index < -0.39 is 50.7 Å². The third kappa shape index (κ3) is 32.9. The number of rotatable bonds is 40. The van der Waals surface area contributed by atoms with Gasteiger partial charge < -0.3 is 34.6 Å². The van der Waals surface area contributed by atoms with Gasteiger partial charge in [0.1, 0.15) is 24.4 Å². The van der Waals surface area contributed by atoms with Gasteiger partial charge in [-0.05, 0) is 25.7 Å². The second-order valence-electron chi connectivity index (χ2n) is 15.6. The zero-order valence-electron chi connectivity index (χ0n) is 34.0. The van der Waals surface area contributed by atoms with Crippen molar-refractivity contribution in [3.8, 4) is 0 Å². The first kappa shape index (κ1) is 51.5. The van der Waals surface area contributed by atoms with Crippen molar-refractivity contribution in [1.82, 2.24) is 0 Å². The van der Waals surface area contributed by atoms with Crippen molar-refractivity contribution in [2.45, 2.75) is 250 Å². The normalized spacial score (nSPS) is 15.4. The number of esters is 1. The van der Waals surface area contributed by atoms with Gasteiger partial charge in [0.05, 0.1) is 6.61 Å². The lowest BCUT2D eigenvalue weighted by Gasteiger charge is -2.27. The Hall–Kier alpha value is -0.540. The van der Waals surface area contributed by atoms with Crippen LogP contribution in [0.15, 0.2) is 0 Å². The van der Waals surface area contributed by atoms with E-state index >= 15 is 0 Å². The van der Waals surface area contributed by atoms with Gasteiger partial charge in [0.15, 0.2) is 6.10 Å². The molecule has 0 aliphatic heterocycles. The van der Waals surface area contributed by atoms with Crippen LogP contribution in [0.3, 0.4) is 0 Å². The second-order valence-corrected chi connectivity index (χ2v) is 17.5. The Labute approximate surface area is 320 Å². The van der Waals surface area contributed by atoms with Crippen molar-refractivity contribution in [2.75, 3.05) is 13.3 Å². The van der Waals surface area contributed by atoms with Crippen molar-refractivity contribution in [3.05, 3.63) is 0 Å². The molecule has 0 saturated carbocycles. The first-order valence-electron chi connectivity index (χ1n) is 21.9. The van der Waals surface area contributed by atoms with Gasteiger partial charge in [-0.1, -0.05) is 194 Å². The van der Waals surface area contributed by atoms with E-state index in [1.165, 1.54) is 154 Å². The van der Waals surface area contributed by atoms with Gasteiger partial charge in [0, 0.05) is 6.66 Å². The summed E-state index contributed by atoms with van der Waals surface area (Å²) in [6, 6.07) is 0. The van der Waals surface area contributed by atoms with E-state index in [2.05, 4.69) is 18.4 Å². The molecule has 5 N–H and O–H groups in total. The standard InChI is InChI=1S/C42H85O9P/c1-4-6-8-10-12-14-16-18-20-22-24-26-28-30-32-34-37(35-33-31-29-27-25-23-21-19-17-15-13-11-9-7-5-2)51-42(47)41(46)40(45)39(44)38(43)36-50-52(3,48)49/h37-41,43-46H,4-36H2,1-3H3,(H,48,49). The molecule has 0 bridgehead atoms. The zero-order valence-corrected chi connectivity index (χ0v) is 34.9. The van der Waals surface area contributed by atoms with Crippen LogP contribution < -0.4 is 0 Å². The lowest BCUT2D eigenvalue weighted by atomic mass is 10.00. The summed E-state index contributed by atoms with van der Waals surface area (Å²) in [7, 11) is -3.92. The summed E-state index contributed by atoms with van der Waals surface area (Å²) < 4.78 is 21.6. The van der Waals surface area contributed by atoms with Gasteiger partial charge in [0.2, 0.25) is 0 Å². The van der Waals surface area contributed by atoms with Gasteiger partial charge in [-0.2, -0.15) is 0 Å². The van der Waals surface area contributed by atoms with Gasteiger partial charge in [-0.25, -0.2) is 4.79 Å². The Morgan fingerprint density at radius 2 is 0.788 bits per heavy atom. The van der Waals surface area contributed by atoms with Crippen LogP contribution >= 0.6 is 7.60 Å². The smallest absolute Gasteiger partial charge is 0.338 e. The Kier molecular flexibility index (Phi) is 35.7. The van der Waals surface area contributed by atoms with E-state index in [0.29, 0.717) is 12.8 Å². The molecule has 0 radical (unpaired) electrons. The van der Waals surface area contributed by atoms with Gasteiger partial charge in [-0.15, -0.1) is 0 Å². The molecule has 0 aromatic carbocycles. The predicted octanol–water partition coefficient (Wildman–Crippen LogP) is 10.7. The minimum absolute atomic E-state index is 0.399. The van der Waals surface area contributed by atoms with Crippen molar-refractivity contribution in [3.63, 3.8) is 0 Å². The number of hydrogen-bond acceptors (Lipinski definition) is 8. The van der Waals surface area contributed by atoms with E-state index in [4.69, 9.17) is 4.74 Å². The predicted molar refractivity (Wildman–Crippen MR) is 215 cm³/mol. The Balaban J connectivity index is 4.48. The molecular formula is C42H85O9P. The second kappa shape index (κ2) is 36.1. The maximum absolute atomic E-state index is 12.8. The molecule has 9 nitrogen and oxygen atoms in total. The van der Waals surface area contributed by atoms with Crippen LogP contribution in [0.25, 0.3) is 0 Å². The third-order valence-electron chi connectivity index (χ3n) is 10.3. The van der Waals surface area contributed by atoms with Gasteiger partial charge in [-0.3, -0.25) is 4.57 Å². The summed E-state index contributed by atoms with van der Waals surface area (Å²) in [4.78, 5) is 22.1. The number of hydrogen-bond donors (Lipinski definition) is 5. The van der Waals surface area contributed by atoms with E-state index in [9.17, 15) is 34.7 Å². The Bertz CT molecular complexity index is 789. The molecule has 5 unspecified atom stereocenters. The van der Waals surface area contributed by atoms with Crippen LogP contribution in [0, 0.1) is 0 Å². The highest BCUT2D eigenvalue weighted by atomic mass is 31.2. The number of unbranched alkanes of at least 4 members (excludes halogenated alkanes) is 28. The highest BCUT2D eigenvalue weighted by Gasteiger charge is 2.37. The summed E-state index contributed by atoms with van der Waals surface area (Å²) in [5.74, 6) is -1.05. The number of aliphatic hydroxyl groups excluding tert-OH is 4. The lowest BCUT2D eigenvalue weighted by molar-refractivity contribution is -0.175. The molecule has 0 amide bonds. The molecule has 10 heteroatoms.